The summed E-state index contributed by atoms with van der Waals surface area (Å²) in [7, 11) is 0. The molecule has 0 amide bonds. The van der Waals surface area contributed by atoms with Crippen molar-refractivity contribution in [3.05, 3.63) is 29.3 Å². The molecule has 4 heteroatoms. The largest absolute Gasteiger partial charge is 0.445 e. The molecule has 0 bridgehead atoms. The number of hydrogen-bond donors (Lipinski definition) is 0. The minimum absolute atomic E-state index is 0.591. The van der Waals surface area contributed by atoms with Crippen molar-refractivity contribution in [3.63, 3.8) is 0 Å². The second-order valence-electron chi connectivity index (χ2n) is 4.95. The van der Waals surface area contributed by atoms with Crippen LogP contribution in [0.4, 0.5) is 0 Å². The maximum atomic E-state index is 5.78. The zero-order chi connectivity index (χ0) is 14.3. The fraction of sp³-hybridized carbons (Fsp3) is 0.600. The summed E-state index contributed by atoms with van der Waals surface area (Å²) in [6.07, 6.45) is 5.77. The molecule has 0 aromatic heterocycles. The van der Waals surface area contributed by atoms with Crippen LogP contribution in [0.3, 0.4) is 0 Å². The third-order valence-electron chi connectivity index (χ3n) is 3.34. The van der Waals surface area contributed by atoms with E-state index in [-0.39, 0.29) is 0 Å². The van der Waals surface area contributed by atoms with Crippen LogP contribution >= 0.6 is 29.3 Å². The van der Waals surface area contributed by atoms with Crippen LogP contribution in [0.15, 0.2) is 18.2 Å². The molecule has 0 fully saturated rings. The SMILES string of the molecule is CCCCc1cc(C(C)CCC)ccc1OP(Cl)Cl. The fourth-order valence-corrected chi connectivity index (χ4v) is 3.00. The Bertz CT molecular complexity index is 382. The molecule has 1 atom stereocenters. The molecule has 0 radical (unpaired) electrons. The van der Waals surface area contributed by atoms with E-state index in [0.29, 0.717) is 5.92 Å². The van der Waals surface area contributed by atoms with Crippen LogP contribution in [-0.4, -0.2) is 0 Å². The third-order valence-corrected chi connectivity index (χ3v) is 4.09. The second kappa shape index (κ2) is 9.06. The number of unbranched alkanes of at least 4 members (excludes halogenated alkanes) is 1. The summed E-state index contributed by atoms with van der Waals surface area (Å²) >= 11 is 11.6. The molecule has 1 aromatic rings. The molecule has 0 aliphatic rings. The summed E-state index contributed by atoms with van der Waals surface area (Å²) in [4.78, 5) is 0. The number of benzene rings is 1. The Hall–Kier alpha value is 0.0300. The van der Waals surface area contributed by atoms with Gasteiger partial charge >= 0.3 is 0 Å². The lowest BCUT2D eigenvalue weighted by atomic mass is 9.93. The van der Waals surface area contributed by atoms with Crippen molar-refractivity contribution in [1.82, 2.24) is 0 Å². The number of rotatable bonds is 8. The summed E-state index contributed by atoms with van der Waals surface area (Å²) < 4.78 is 5.53. The first kappa shape index (κ1) is 17.1. The van der Waals surface area contributed by atoms with Gasteiger partial charge in [0.25, 0.3) is 6.85 Å². The molecule has 0 spiro atoms. The van der Waals surface area contributed by atoms with E-state index in [1.165, 1.54) is 30.4 Å². The molecule has 1 unspecified atom stereocenters. The van der Waals surface area contributed by atoms with Gasteiger partial charge in [-0.05, 0) is 64.9 Å². The van der Waals surface area contributed by atoms with E-state index in [9.17, 15) is 0 Å². The van der Waals surface area contributed by atoms with Crippen molar-refractivity contribution in [2.75, 3.05) is 0 Å². The quantitative estimate of drug-likeness (QED) is 0.468. The standard InChI is InChI=1S/C15H23Cl2OP/c1-4-6-8-14-11-13(12(3)7-5-2)9-10-15(14)18-19(16)17/h9-12H,4-8H2,1-3H3. The topological polar surface area (TPSA) is 9.23 Å². The van der Waals surface area contributed by atoms with Crippen LogP contribution in [0.5, 0.6) is 5.75 Å². The Morgan fingerprint density at radius 3 is 2.53 bits per heavy atom. The predicted molar refractivity (Wildman–Crippen MR) is 87.6 cm³/mol. The number of hydrogen-bond acceptors (Lipinski definition) is 1. The number of aryl methyl sites for hydroxylation is 1. The van der Waals surface area contributed by atoms with Gasteiger partial charge < -0.3 is 4.52 Å². The van der Waals surface area contributed by atoms with Crippen molar-refractivity contribution in [1.29, 1.82) is 0 Å². The van der Waals surface area contributed by atoms with Gasteiger partial charge in [0, 0.05) is 0 Å². The maximum Gasteiger partial charge on any atom is 0.284 e. The van der Waals surface area contributed by atoms with Crippen molar-refractivity contribution in [2.24, 2.45) is 0 Å². The third kappa shape index (κ3) is 5.90. The molecule has 1 aromatic carbocycles. The maximum absolute atomic E-state index is 5.78. The van der Waals surface area contributed by atoms with Gasteiger partial charge in [-0.1, -0.05) is 45.7 Å². The lowest BCUT2D eigenvalue weighted by Crippen LogP contribution is -1.97. The average molecular weight is 321 g/mol. The van der Waals surface area contributed by atoms with E-state index in [0.717, 1.165) is 18.6 Å². The van der Waals surface area contributed by atoms with Crippen LogP contribution in [0.2, 0.25) is 0 Å². The van der Waals surface area contributed by atoms with Crippen molar-refractivity contribution in [2.45, 2.75) is 58.8 Å². The average Bonchev–Trinajstić information content (AvgIpc) is 2.37. The van der Waals surface area contributed by atoms with Gasteiger partial charge in [0.2, 0.25) is 0 Å². The zero-order valence-electron chi connectivity index (χ0n) is 12.0. The lowest BCUT2D eigenvalue weighted by Gasteiger charge is -2.16. The molecule has 0 aliphatic heterocycles. The minimum Gasteiger partial charge on any atom is -0.445 e. The normalized spacial score (nSPS) is 12.7. The van der Waals surface area contributed by atoms with Crippen molar-refractivity contribution >= 4 is 29.3 Å². The molecular formula is C15H23Cl2OP. The molecular weight excluding hydrogens is 298 g/mol. The van der Waals surface area contributed by atoms with Crippen molar-refractivity contribution < 1.29 is 4.52 Å². The van der Waals surface area contributed by atoms with Crippen LogP contribution in [-0.2, 0) is 6.42 Å². The van der Waals surface area contributed by atoms with E-state index in [4.69, 9.17) is 27.0 Å². The Labute approximate surface area is 128 Å². The molecule has 0 heterocycles. The Morgan fingerprint density at radius 1 is 1.21 bits per heavy atom. The first-order valence-electron chi connectivity index (χ1n) is 7.00. The van der Waals surface area contributed by atoms with E-state index < -0.39 is 6.85 Å². The predicted octanol–water partition coefficient (Wildman–Crippen LogP) is 7.02. The molecule has 1 rings (SSSR count). The first-order valence-corrected chi connectivity index (χ1v) is 10.1. The summed E-state index contributed by atoms with van der Waals surface area (Å²) in [6, 6.07) is 6.42. The monoisotopic (exact) mass is 320 g/mol. The molecule has 0 saturated heterocycles. The van der Waals surface area contributed by atoms with E-state index in [2.05, 4.69) is 32.9 Å². The molecule has 0 aliphatic carbocycles. The van der Waals surface area contributed by atoms with E-state index in [1.807, 2.05) is 6.07 Å². The summed E-state index contributed by atoms with van der Waals surface area (Å²) in [6.45, 7) is 5.30. The highest BCUT2D eigenvalue weighted by Gasteiger charge is 2.12. The van der Waals surface area contributed by atoms with Gasteiger partial charge in [0.15, 0.2) is 0 Å². The van der Waals surface area contributed by atoms with Gasteiger partial charge in [-0.25, -0.2) is 0 Å². The zero-order valence-corrected chi connectivity index (χ0v) is 14.4. The minimum atomic E-state index is -1.40. The first-order chi connectivity index (χ1) is 9.08. The molecule has 1 nitrogen and oxygen atoms in total. The second-order valence-corrected chi connectivity index (χ2v) is 7.90. The van der Waals surface area contributed by atoms with E-state index >= 15 is 0 Å². The van der Waals surface area contributed by atoms with Crippen LogP contribution in [0, 0.1) is 0 Å². The molecule has 108 valence electrons. The van der Waals surface area contributed by atoms with Gasteiger partial charge in [-0.15, -0.1) is 0 Å². The van der Waals surface area contributed by atoms with Crippen LogP contribution < -0.4 is 4.52 Å². The fourth-order valence-electron chi connectivity index (χ4n) is 2.23. The Kier molecular flexibility index (Phi) is 8.14. The lowest BCUT2D eigenvalue weighted by molar-refractivity contribution is 0.614. The van der Waals surface area contributed by atoms with Crippen molar-refractivity contribution in [3.8, 4) is 5.75 Å². The Morgan fingerprint density at radius 2 is 1.95 bits per heavy atom. The summed E-state index contributed by atoms with van der Waals surface area (Å²) in [5.74, 6) is 1.44. The smallest absolute Gasteiger partial charge is 0.284 e. The summed E-state index contributed by atoms with van der Waals surface area (Å²) in [5.41, 5.74) is 2.62. The summed E-state index contributed by atoms with van der Waals surface area (Å²) in [5, 5.41) is 0. The number of halogens is 2. The van der Waals surface area contributed by atoms with Gasteiger partial charge in [-0.3, -0.25) is 0 Å². The Balaban J connectivity index is 2.93. The van der Waals surface area contributed by atoms with Crippen LogP contribution in [0.1, 0.15) is 63.5 Å². The molecule has 0 saturated carbocycles. The van der Waals surface area contributed by atoms with E-state index in [1.54, 1.807) is 0 Å². The molecule has 19 heavy (non-hydrogen) atoms. The highest BCUT2D eigenvalue weighted by Crippen LogP contribution is 2.49. The van der Waals surface area contributed by atoms with Gasteiger partial charge in [0.05, 0.1) is 0 Å². The highest BCUT2D eigenvalue weighted by atomic mass is 35.9. The molecule has 0 N–H and O–H groups in total. The van der Waals surface area contributed by atoms with Crippen LogP contribution in [0.25, 0.3) is 0 Å². The van der Waals surface area contributed by atoms with Gasteiger partial charge in [-0.2, -0.15) is 0 Å². The van der Waals surface area contributed by atoms with Gasteiger partial charge in [0.1, 0.15) is 5.75 Å². The highest BCUT2D eigenvalue weighted by molar-refractivity contribution is 8.00.